The van der Waals surface area contributed by atoms with Crippen molar-refractivity contribution in [1.29, 1.82) is 0 Å². The molecule has 3 rings (SSSR count). The van der Waals surface area contributed by atoms with Gasteiger partial charge in [-0.15, -0.1) is 0 Å². The number of carboxylic acid groups (broad SMARTS) is 1. The van der Waals surface area contributed by atoms with Crippen molar-refractivity contribution < 1.29 is 38.7 Å². The molecule has 0 bridgehead atoms. The van der Waals surface area contributed by atoms with E-state index in [0.717, 1.165) is 0 Å². The first-order valence-corrected chi connectivity index (χ1v) is 7.27. The molecule has 0 radical (unpaired) electrons. The van der Waals surface area contributed by atoms with E-state index in [1.807, 2.05) is 0 Å². The zero-order chi connectivity index (χ0) is 16.4. The number of ether oxygens (including phenoxy) is 5. The summed E-state index contributed by atoms with van der Waals surface area (Å²) in [5.41, 5.74) is -1.93. The standard InChI is InChI=1S/C14H22O8/c1-11(2)19-7-14(22-11)13(17,5-9(15)16)10-8(6-18-14)20-12(3,4)21-10/h8,10,17H,5-7H2,1-4H3,(H,15,16)/t8-,10-,13-,14+/m1/s1. The van der Waals surface area contributed by atoms with E-state index in [9.17, 15) is 15.0 Å². The smallest absolute Gasteiger partial charge is 0.306 e. The molecular weight excluding hydrogens is 296 g/mol. The average molecular weight is 318 g/mol. The van der Waals surface area contributed by atoms with Gasteiger partial charge in [-0.3, -0.25) is 4.79 Å². The Morgan fingerprint density at radius 3 is 2.36 bits per heavy atom. The van der Waals surface area contributed by atoms with Crippen LogP contribution in [0.5, 0.6) is 0 Å². The number of carboxylic acids is 1. The van der Waals surface area contributed by atoms with Crippen LogP contribution in [0.2, 0.25) is 0 Å². The number of rotatable bonds is 2. The summed E-state index contributed by atoms with van der Waals surface area (Å²) in [6.45, 7) is 6.79. The normalized spacial score (nSPS) is 45.9. The molecule has 4 atom stereocenters. The molecule has 0 amide bonds. The van der Waals surface area contributed by atoms with Gasteiger partial charge in [0.05, 0.1) is 13.0 Å². The predicted octanol–water partition coefficient (Wildman–Crippen LogP) is 0.222. The zero-order valence-corrected chi connectivity index (χ0v) is 13.1. The third-order valence-corrected chi connectivity index (χ3v) is 4.24. The number of carbonyl (C=O) groups is 1. The molecular formula is C14H22O8. The Balaban J connectivity index is 1.99. The summed E-state index contributed by atoms with van der Waals surface area (Å²) >= 11 is 0. The van der Waals surface area contributed by atoms with Crippen LogP contribution in [0.15, 0.2) is 0 Å². The maximum absolute atomic E-state index is 11.3. The summed E-state index contributed by atoms with van der Waals surface area (Å²) in [5.74, 6) is -4.72. The Bertz CT molecular complexity index is 487. The molecule has 0 aromatic carbocycles. The fraction of sp³-hybridized carbons (Fsp3) is 0.929. The number of hydrogen-bond acceptors (Lipinski definition) is 7. The highest BCUT2D eigenvalue weighted by atomic mass is 16.9. The molecule has 3 saturated heterocycles. The maximum atomic E-state index is 11.3. The van der Waals surface area contributed by atoms with Crippen LogP contribution in [0.25, 0.3) is 0 Å². The molecule has 126 valence electrons. The quantitative estimate of drug-likeness (QED) is 0.745. The van der Waals surface area contributed by atoms with E-state index >= 15 is 0 Å². The lowest BCUT2D eigenvalue weighted by Crippen LogP contribution is -2.71. The molecule has 0 aromatic heterocycles. The summed E-state index contributed by atoms with van der Waals surface area (Å²) in [6, 6.07) is 0. The molecule has 8 heteroatoms. The van der Waals surface area contributed by atoms with Gasteiger partial charge in [0, 0.05) is 0 Å². The number of aliphatic carboxylic acids is 1. The summed E-state index contributed by atoms with van der Waals surface area (Å²) < 4.78 is 28.5. The van der Waals surface area contributed by atoms with Gasteiger partial charge in [-0.1, -0.05) is 0 Å². The minimum absolute atomic E-state index is 0.0865. The van der Waals surface area contributed by atoms with Gasteiger partial charge in [-0.05, 0) is 27.7 Å². The maximum Gasteiger partial charge on any atom is 0.306 e. The van der Waals surface area contributed by atoms with Crippen LogP contribution >= 0.6 is 0 Å². The average Bonchev–Trinajstić information content (AvgIpc) is 2.83. The van der Waals surface area contributed by atoms with Gasteiger partial charge >= 0.3 is 5.97 Å². The predicted molar refractivity (Wildman–Crippen MR) is 70.8 cm³/mol. The molecule has 3 aliphatic rings. The first kappa shape index (κ1) is 16.1. The third-order valence-electron chi connectivity index (χ3n) is 4.24. The van der Waals surface area contributed by atoms with Gasteiger partial charge in [0.15, 0.2) is 17.2 Å². The van der Waals surface area contributed by atoms with Crippen LogP contribution < -0.4 is 0 Å². The van der Waals surface area contributed by atoms with E-state index in [0.29, 0.717) is 0 Å². The topological polar surface area (TPSA) is 104 Å². The third kappa shape index (κ3) is 2.34. The zero-order valence-electron chi connectivity index (χ0n) is 13.1. The highest BCUT2D eigenvalue weighted by Crippen LogP contribution is 2.50. The molecule has 1 spiro atoms. The number of aliphatic hydroxyl groups is 1. The fourth-order valence-corrected chi connectivity index (χ4v) is 3.40. The summed E-state index contributed by atoms with van der Waals surface area (Å²) in [6.07, 6.45) is -2.06. The molecule has 0 saturated carbocycles. The molecule has 0 aliphatic carbocycles. The van der Waals surface area contributed by atoms with Crippen molar-refractivity contribution in [3.05, 3.63) is 0 Å². The molecule has 22 heavy (non-hydrogen) atoms. The van der Waals surface area contributed by atoms with E-state index in [1.54, 1.807) is 27.7 Å². The van der Waals surface area contributed by atoms with Gasteiger partial charge in [0.1, 0.15) is 18.8 Å². The van der Waals surface area contributed by atoms with Crippen molar-refractivity contribution in [2.75, 3.05) is 13.2 Å². The lowest BCUT2D eigenvalue weighted by Gasteiger charge is -2.49. The molecule has 3 aliphatic heterocycles. The highest BCUT2D eigenvalue weighted by molar-refractivity contribution is 5.68. The Hall–Kier alpha value is -0.770. The molecule has 2 N–H and O–H groups in total. The molecule has 0 aromatic rings. The minimum Gasteiger partial charge on any atom is -0.481 e. The second-order valence-electron chi connectivity index (χ2n) is 6.94. The van der Waals surface area contributed by atoms with Crippen molar-refractivity contribution in [2.45, 2.75) is 69.3 Å². The molecule has 3 heterocycles. The first-order chi connectivity index (χ1) is 9.99. The van der Waals surface area contributed by atoms with Crippen molar-refractivity contribution in [2.24, 2.45) is 0 Å². The Morgan fingerprint density at radius 1 is 1.14 bits per heavy atom. The highest BCUT2D eigenvalue weighted by Gasteiger charge is 2.71. The first-order valence-electron chi connectivity index (χ1n) is 7.27. The van der Waals surface area contributed by atoms with Crippen LogP contribution in [0.1, 0.15) is 34.1 Å². The van der Waals surface area contributed by atoms with E-state index in [2.05, 4.69) is 0 Å². The van der Waals surface area contributed by atoms with Crippen LogP contribution in [0.4, 0.5) is 0 Å². The van der Waals surface area contributed by atoms with Gasteiger partial charge in [0.25, 0.3) is 0 Å². The Kier molecular flexibility index (Phi) is 3.38. The van der Waals surface area contributed by atoms with E-state index in [1.165, 1.54) is 0 Å². The summed E-state index contributed by atoms with van der Waals surface area (Å²) in [5, 5.41) is 20.5. The summed E-state index contributed by atoms with van der Waals surface area (Å²) in [7, 11) is 0. The van der Waals surface area contributed by atoms with Crippen LogP contribution in [-0.2, 0) is 28.5 Å². The van der Waals surface area contributed by atoms with Crippen molar-refractivity contribution in [3.63, 3.8) is 0 Å². The van der Waals surface area contributed by atoms with Gasteiger partial charge in [0.2, 0.25) is 5.79 Å². The van der Waals surface area contributed by atoms with E-state index in [4.69, 9.17) is 23.7 Å². The monoisotopic (exact) mass is 318 g/mol. The van der Waals surface area contributed by atoms with Gasteiger partial charge < -0.3 is 33.9 Å². The van der Waals surface area contributed by atoms with Crippen LogP contribution in [-0.4, -0.2) is 64.6 Å². The second kappa shape index (κ2) is 4.62. The van der Waals surface area contributed by atoms with Crippen molar-refractivity contribution in [1.82, 2.24) is 0 Å². The fourth-order valence-electron chi connectivity index (χ4n) is 3.40. The summed E-state index contributed by atoms with van der Waals surface area (Å²) in [4.78, 5) is 11.3. The largest absolute Gasteiger partial charge is 0.481 e. The van der Waals surface area contributed by atoms with Gasteiger partial charge in [-0.25, -0.2) is 0 Å². The SMILES string of the molecule is CC1(C)O[C@@H]2[C@@H](CO[C@]3(COC(C)(C)O3)[C@@]2(O)CC(=O)O)O1. The van der Waals surface area contributed by atoms with Gasteiger partial charge in [-0.2, -0.15) is 0 Å². The minimum atomic E-state index is -1.93. The van der Waals surface area contributed by atoms with E-state index in [-0.39, 0.29) is 13.2 Å². The second-order valence-corrected chi connectivity index (χ2v) is 6.94. The van der Waals surface area contributed by atoms with E-state index < -0.39 is 47.6 Å². The van der Waals surface area contributed by atoms with Crippen molar-refractivity contribution in [3.8, 4) is 0 Å². The molecule has 8 nitrogen and oxygen atoms in total. The van der Waals surface area contributed by atoms with Crippen molar-refractivity contribution >= 4 is 5.97 Å². The lowest BCUT2D eigenvalue weighted by atomic mass is 9.79. The van der Waals surface area contributed by atoms with Crippen LogP contribution in [0.3, 0.4) is 0 Å². The van der Waals surface area contributed by atoms with Crippen LogP contribution in [0, 0.1) is 0 Å². The molecule has 3 fully saturated rings. The number of fused-ring (bicyclic) bond motifs is 1. The Labute approximate surface area is 128 Å². The Morgan fingerprint density at radius 2 is 1.82 bits per heavy atom. The number of hydrogen-bond donors (Lipinski definition) is 2. The lowest BCUT2D eigenvalue weighted by molar-refractivity contribution is -0.366. The molecule has 0 unspecified atom stereocenters.